The number of imidazole rings is 1. The molecule has 0 bridgehead atoms. The van der Waals surface area contributed by atoms with Crippen molar-refractivity contribution in [1.82, 2.24) is 29.5 Å². The number of aromatic amines is 2. The first-order chi connectivity index (χ1) is 13.9. The highest BCUT2D eigenvalue weighted by Crippen LogP contribution is 2.39. The van der Waals surface area contributed by atoms with Gasteiger partial charge in [-0.05, 0) is 33.1 Å². The second-order valence-electron chi connectivity index (χ2n) is 8.30. The van der Waals surface area contributed by atoms with Crippen LogP contribution < -0.4 is 5.56 Å². The van der Waals surface area contributed by atoms with Crippen molar-refractivity contribution in [3.05, 3.63) is 39.8 Å². The van der Waals surface area contributed by atoms with Gasteiger partial charge in [0.25, 0.3) is 11.5 Å². The average Bonchev–Trinajstić information content (AvgIpc) is 3.41. The van der Waals surface area contributed by atoms with E-state index in [2.05, 4.69) is 15.1 Å². The number of amides is 2. The van der Waals surface area contributed by atoms with E-state index in [0.717, 1.165) is 30.7 Å². The maximum atomic E-state index is 12.9. The van der Waals surface area contributed by atoms with E-state index in [1.54, 1.807) is 6.33 Å². The molecular weight excluding hydrogens is 372 g/mol. The third kappa shape index (κ3) is 3.73. The zero-order valence-corrected chi connectivity index (χ0v) is 17.0. The van der Waals surface area contributed by atoms with E-state index >= 15 is 0 Å². The van der Waals surface area contributed by atoms with Crippen LogP contribution in [-0.4, -0.2) is 67.5 Å². The molecule has 2 fully saturated rings. The molecule has 156 valence electrons. The van der Waals surface area contributed by atoms with Crippen molar-refractivity contribution >= 4 is 11.8 Å². The Hall–Kier alpha value is -2.84. The smallest absolute Gasteiger partial charge is 0.271 e. The van der Waals surface area contributed by atoms with Gasteiger partial charge in [-0.3, -0.25) is 24.2 Å². The summed E-state index contributed by atoms with van der Waals surface area (Å²) in [7, 11) is 0. The van der Waals surface area contributed by atoms with E-state index in [-0.39, 0.29) is 22.8 Å². The lowest BCUT2D eigenvalue weighted by molar-refractivity contribution is -0.130. The number of H-pyrrole nitrogens is 2. The van der Waals surface area contributed by atoms with Gasteiger partial charge < -0.3 is 14.8 Å². The number of hydrogen-bond acceptors (Lipinski definition) is 4. The Balaban J connectivity index is 1.42. The van der Waals surface area contributed by atoms with Crippen molar-refractivity contribution in [3.8, 4) is 0 Å². The number of hydrogen-bond donors (Lipinski definition) is 2. The molecule has 1 atom stereocenters. The minimum absolute atomic E-state index is 0.0577. The van der Waals surface area contributed by atoms with Gasteiger partial charge in [0.1, 0.15) is 5.69 Å². The van der Waals surface area contributed by atoms with Crippen LogP contribution in [0.3, 0.4) is 0 Å². The van der Waals surface area contributed by atoms with E-state index in [1.165, 1.54) is 10.7 Å². The summed E-state index contributed by atoms with van der Waals surface area (Å²) < 4.78 is 1.43. The number of rotatable bonds is 4. The quantitative estimate of drug-likeness (QED) is 0.796. The summed E-state index contributed by atoms with van der Waals surface area (Å²) in [4.78, 5) is 48.6. The molecule has 0 aromatic carbocycles. The van der Waals surface area contributed by atoms with Crippen molar-refractivity contribution in [2.75, 3.05) is 26.2 Å². The zero-order valence-electron chi connectivity index (χ0n) is 17.0. The van der Waals surface area contributed by atoms with E-state index in [9.17, 15) is 14.4 Å². The van der Waals surface area contributed by atoms with E-state index < -0.39 is 0 Å². The lowest BCUT2D eigenvalue weighted by Crippen LogP contribution is -2.48. The molecule has 0 saturated carbocycles. The van der Waals surface area contributed by atoms with Crippen LogP contribution in [0.2, 0.25) is 0 Å². The fourth-order valence-electron chi connectivity index (χ4n) is 4.63. The maximum Gasteiger partial charge on any atom is 0.271 e. The number of aryl methyl sites for hydroxylation is 2. The number of carbonyl (C=O) groups excluding carboxylic acids is 2. The summed E-state index contributed by atoms with van der Waals surface area (Å²) in [6.07, 6.45) is 4.73. The highest BCUT2D eigenvalue weighted by Gasteiger charge is 2.44. The lowest BCUT2D eigenvalue weighted by Gasteiger charge is -2.40. The molecule has 4 heterocycles. The van der Waals surface area contributed by atoms with Gasteiger partial charge in [-0.2, -0.15) is 0 Å². The summed E-state index contributed by atoms with van der Waals surface area (Å²) in [5, 5.41) is 2.90. The minimum Gasteiger partial charge on any atom is -0.348 e. The second kappa shape index (κ2) is 7.53. The molecule has 2 saturated heterocycles. The number of piperidine rings is 1. The van der Waals surface area contributed by atoms with Crippen LogP contribution in [-0.2, 0) is 17.8 Å². The van der Waals surface area contributed by atoms with Gasteiger partial charge in [-0.15, -0.1) is 0 Å². The molecular formula is C20H28N6O3. The molecule has 2 amide bonds. The highest BCUT2D eigenvalue weighted by atomic mass is 16.2. The van der Waals surface area contributed by atoms with Gasteiger partial charge in [0.05, 0.1) is 18.4 Å². The van der Waals surface area contributed by atoms with Crippen LogP contribution in [0.15, 0.2) is 17.2 Å². The average molecular weight is 400 g/mol. The van der Waals surface area contributed by atoms with Crippen LogP contribution >= 0.6 is 0 Å². The normalized spacial score (nSPS) is 21.9. The third-order valence-electron chi connectivity index (χ3n) is 6.33. The first kappa shape index (κ1) is 19.5. The molecule has 2 aliphatic rings. The van der Waals surface area contributed by atoms with E-state index in [1.807, 2.05) is 23.6 Å². The van der Waals surface area contributed by atoms with Crippen LogP contribution in [0.25, 0.3) is 0 Å². The number of aromatic nitrogens is 4. The van der Waals surface area contributed by atoms with Crippen LogP contribution in [0.5, 0.6) is 0 Å². The molecule has 0 aliphatic carbocycles. The first-order valence-electron chi connectivity index (χ1n) is 10.3. The Morgan fingerprint density at radius 3 is 2.69 bits per heavy atom. The van der Waals surface area contributed by atoms with Crippen LogP contribution in [0.4, 0.5) is 0 Å². The summed E-state index contributed by atoms with van der Waals surface area (Å²) in [5.41, 5.74) is 1.82. The van der Waals surface area contributed by atoms with Gasteiger partial charge in [-0.25, -0.2) is 4.98 Å². The largest absolute Gasteiger partial charge is 0.348 e. The molecule has 2 aliphatic heterocycles. The number of likely N-dealkylation sites (tertiary alicyclic amines) is 2. The summed E-state index contributed by atoms with van der Waals surface area (Å²) >= 11 is 0. The van der Waals surface area contributed by atoms with Gasteiger partial charge in [-0.1, -0.05) is 0 Å². The number of nitrogens with one attached hydrogen (secondary N) is 2. The van der Waals surface area contributed by atoms with Crippen molar-refractivity contribution in [2.45, 2.75) is 46.1 Å². The maximum absolute atomic E-state index is 12.9. The topological polar surface area (TPSA) is 107 Å². The Morgan fingerprint density at radius 1 is 1.21 bits per heavy atom. The van der Waals surface area contributed by atoms with Crippen molar-refractivity contribution in [3.63, 3.8) is 0 Å². The predicted molar refractivity (Wildman–Crippen MR) is 107 cm³/mol. The summed E-state index contributed by atoms with van der Waals surface area (Å²) in [6, 6.07) is 1.38. The zero-order chi connectivity index (χ0) is 20.6. The molecule has 0 radical (unpaired) electrons. The second-order valence-corrected chi connectivity index (χ2v) is 8.30. The molecule has 2 aromatic rings. The molecule has 4 rings (SSSR count). The number of carbonyl (C=O) groups is 2. The summed E-state index contributed by atoms with van der Waals surface area (Å²) in [5.74, 6) is -0.0461. The fraction of sp³-hybridized carbons (Fsp3) is 0.600. The molecule has 1 spiro atoms. The molecule has 1 unspecified atom stereocenters. The van der Waals surface area contributed by atoms with E-state index in [0.29, 0.717) is 44.8 Å². The Labute approximate surface area is 169 Å². The lowest BCUT2D eigenvalue weighted by atomic mass is 9.79. The van der Waals surface area contributed by atoms with Gasteiger partial charge in [0.2, 0.25) is 5.91 Å². The van der Waals surface area contributed by atoms with E-state index in [4.69, 9.17) is 0 Å². The molecule has 29 heavy (non-hydrogen) atoms. The standard InChI is InChI=1S/C20H28N6O3/c1-3-26-18(28)10-16(23-26)19(29)25-7-4-5-20(12-25)6-8-24(11-20)17(27)9-15-14(2)21-13-22-15/h10,13,23H,3-9,11-12H2,1-2H3,(H,21,22). The third-order valence-corrected chi connectivity index (χ3v) is 6.33. The Kier molecular flexibility index (Phi) is 5.06. The van der Waals surface area contributed by atoms with Crippen LogP contribution in [0.1, 0.15) is 48.1 Å². The van der Waals surface area contributed by atoms with Gasteiger partial charge >= 0.3 is 0 Å². The molecule has 9 heteroatoms. The van der Waals surface area contributed by atoms with Crippen LogP contribution in [0, 0.1) is 12.3 Å². The van der Waals surface area contributed by atoms with Gasteiger partial charge in [0.15, 0.2) is 0 Å². The SMILES string of the molecule is CCn1[nH]c(C(=O)N2CCCC3(CCN(C(=O)Cc4nc[nH]c4C)C3)C2)cc1=O. The highest BCUT2D eigenvalue weighted by molar-refractivity contribution is 5.92. The molecule has 2 aromatic heterocycles. The fourth-order valence-corrected chi connectivity index (χ4v) is 4.63. The van der Waals surface area contributed by atoms with Gasteiger partial charge in [0, 0.05) is 49.9 Å². The van der Waals surface area contributed by atoms with Crippen molar-refractivity contribution < 1.29 is 9.59 Å². The van der Waals surface area contributed by atoms with Crippen molar-refractivity contribution in [2.24, 2.45) is 5.41 Å². The van der Waals surface area contributed by atoms with Crippen molar-refractivity contribution in [1.29, 1.82) is 0 Å². The molecule has 9 nitrogen and oxygen atoms in total. The summed E-state index contributed by atoms with van der Waals surface area (Å²) in [6.45, 7) is 6.97. The monoisotopic (exact) mass is 400 g/mol. The minimum atomic E-state index is -0.186. The first-order valence-corrected chi connectivity index (χ1v) is 10.3. The predicted octanol–water partition coefficient (Wildman–Crippen LogP) is 0.925. The Morgan fingerprint density at radius 2 is 2.00 bits per heavy atom. The molecule has 2 N–H and O–H groups in total. The number of nitrogens with zero attached hydrogens (tertiary/aromatic N) is 4. The Bertz CT molecular complexity index is 973.